The zero-order valence-electron chi connectivity index (χ0n) is 10.5. The highest BCUT2D eigenvalue weighted by Gasteiger charge is 2.13. The van der Waals surface area contributed by atoms with Gasteiger partial charge in [-0.25, -0.2) is 8.78 Å². The quantitative estimate of drug-likeness (QED) is 0.811. The second-order valence-corrected chi connectivity index (χ2v) is 5.19. The summed E-state index contributed by atoms with van der Waals surface area (Å²) in [6.07, 6.45) is 0. The van der Waals surface area contributed by atoms with Gasteiger partial charge in [-0.15, -0.1) is 0 Å². The van der Waals surface area contributed by atoms with Crippen LogP contribution in [-0.4, -0.2) is 0 Å². The van der Waals surface area contributed by atoms with Crippen LogP contribution in [0.25, 0.3) is 0 Å². The molecule has 0 spiro atoms. The minimum atomic E-state index is -0.548. The maximum Gasteiger partial charge on any atom is 0.144 e. The molecule has 0 saturated carbocycles. The van der Waals surface area contributed by atoms with Crippen LogP contribution in [0.2, 0.25) is 0 Å². The van der Waals surface area contributed by atoms with Gasteiger partial charge in [-0.2, -0.15) is 0 Å². The lowest BCUT2D eigenvalue weighted by Crippen LogP contribution is -2.19. The Morgan fingerprint density at radius 1 is 1.11 bits per heavy atom. The molecule has 0 amide bonds. The van der Waals surface area contributed by atoms with Gasteiger partial charge < -0.3 is 5.32 Å². The maximum atomic E-state index is 13.8. The first kappa shape index (κ1) is 14.2. The number of hydrogen-bond donors (Lipinski definition) is 1. The number of halogens is 3. The Kier molecular flexibility index (Phi) is 4.66. The smallest absolute Gasteiger partial charge is 0.144 e. The number of hydrogen-bond acceptors (Lipinski definition) is 1. The zero-order valence-corrected chi connectivity index (χ0v) is 12.0. The molecule has 2 aromatic carbocycles. The molecule has 1 N–H and O–H groups in total. The van der Waals surface area contributed by atoms with Crippen LogP contribution in [0.4, 0.5) is 8.78 Å². The molecule has 0 aliphatic carbocycles. The van der Waals surface area contributed by atoms with Gasteiger partial charge in [0.15, 0.2) is 0 Å². The van der Waals surface area contributed by atoms with Crippen molar-refractivity contribution in [3.05, 3.63) is 69.7 Å². The molecule has 19 heavy (non-hydrogen) atoms. The molecule has 0 aliphatic rings. The second kappa shape index (κ2) is 6.26. The third-order valence-electron chi connectivity index (χ3n) is 3.02. The normalized spacial score (nSPS) is 12.4. The molecular weight excluding hydrogens is 312 g/mol. The van der Waals surface area contributed by atoms with Crippen molar-refractivity contribution in [2.24, 2.45) is 0 Å². The van der Waals surface area contributed by atoms with E-state index in [1.54, 1.807) is 0 Å². The number of nitrogens with one attached hydrogen (secondary N) is 1. The Balaban J connectivity index is 2.09. The highest BCUT2D eigenvalue weighted by molar-refractivity contribution is 9.10. The van der Waals surface area contributed by atoms with Gasteiger partial charge in [-0.3, -0.25) is 0 Å². The summed E-state index contributed by atoms with van der Waals surface area (Å²) in [4.78, 5) is 0. The molecule has 100 valence electrons. The van der Waals surface area contributed by atoms with Crippen LogP contribution in [0, 0.1) is 11.6 Å². The largest absolute Gasteiger partial charge is 0.306 e. The second-order valence-electron chi connectivity index (χ2n) is 4.34. The van der Waals surface area contributed by atoms with Crippen molar-refractivity contribution in [2.45, 2.75) is 19.5 Å². The fraction of sp³-hybridized carbons (Fsp3) is 0.200. The molecule has 0 unspecified atom stereocenters. The van der Waals surface area contributed by atoms with Crippen molar-refractivity contribution in [1.82, 2.24) is 5.32 Å². The van der Waals surface area contributed by atoms with Crippen molar-refractivity contribution in [1.29, 1.82) is 0 Å². The van der Waals surface area contributed by atoms with Gasteiger partial charge in [0.2, 0.25) is 0 Å². The average Bonchev–Trinajstić information content (AvgIpc) is 2.44. The Morgan fingerprint density at radius 3 is 2.47 bits per heavy atom. The molecule has 1 nitrogen and oxygen atoms in total. The fourth-order valence-corrected chi connectivity index (χ4v) is 2.22. The van der Waals surface area contributed by atoms with Gasteiger partial charge in [0, 0.05) is 18.2 Å². The number of rotatable bonds is 4. The van der Waals surface area contributed by atoms with Crippen molar-refractivity contribution in [2.75, 3.05) is 0 Å². The fourth-order valence-electron chi connectivity index (χ4n) is 1.85. The van der Waals surface area contributed by atoms with E-state index in [-0.39, 0.29) is 22.6 Å². The first-order valence-corrected chi connectivity index (χ1v) is 6.79. The summed E-state index contributed by atoms with van der Waals surface area (Å²) in [6, 6.07) is 12.4. The third-order valence-corrected chi connectivity index (χ3v) is 3.64. The molecule has 1 atom stereocenters. The lowest BCUT2D eigenvalue weighted by atomic mass is 10.1. The Labute approximate surface area is 119 Å². The minimum absolute atomic E-state index is 0.0268. The Hall–Kier alpha value is -1.26. The van der Waals surface area contributed by atoms with Gasteiger partial charge in [0.1, 0.15) is 11.6 Å². The molecule has 0 saturated heterocycles. The van der Waals surface area contributed by atoms with E-state index in [1.807, 2.05) is 37.3 Å². The van der Waals surface area contributed by atoms with E-state index in [1.165, 1.54) is 12.1 Å². The topological polar surface area (TPSA) is 12.0 Å². The average molecular weight is 326 g/mol. The summed E-state index contributed by atoms with van der Waals surface area (Å²) in [5.74, 6) is -1.08. The van der Waals surface area contributed by atoms with Crippen LogP contribution in [0.5, 0.6) is 0 Å². The van der Waals surface area contributed by atoms with E-state index in [9.17, 15) is 8.78 Å². The highest BCUT2D eigenvalue weighted by atomic mass is 79.9. The van der Waals surface area contributed by atoms with Crippen LogP contribution < -0.4 is 5.32 Å². The molecular formula is C15H14BrF2N. The van der Waals surface area contributed by atoms with Gasteiger partial charge >= 0.3 is 0 Å². The molecule has 4 heteroatoms. The van der Waals surface area contributed by atoms with E-state index in [0.717, 1.165) is 5.56 Å². The zero-order chi connectivity index (χ0) is 13.8. The van der Waals surface area contributed by atoms with Crippen molar-refractivity contribution in [3.63, 3.8) is 0 Å². The third kappa shape index (κ3) is 3.39. The molecule has 2 aromatic rings. The standard InChI is InChI=1S/C15H14BrF2N/c1-10(11-5-3-2-4-6-11)19-9-12-14(17)8-7-13(16)15(12)18/h2-8,10,19H,9H2,1H3/t10-/m1/s1. The molecule has 2 rings (SSSR count). The summed E-state index contributed by atoms with van der Waals surface area (Å²) >= 11 is 3.06. The maximum absolute atomic E-state index is 13.8. The summed E-state index contributed by atoms with van der Waals surface area (Å²) < 4.78 is 27.6. The van der Waals surface area contributed by atoms with Gasteiger partial charge in [0.25, 0.3) is 0 Å². The van der Waals surface area contributed by atoms with Crippen LogP contribution in [0.3, 0.4) is 0 Å². The predicted octanol–water partition coefficient (Wildman–Crippen LogP) is 4.58. The van der Waals surface area contributed by atoms with Gasteiger partial charge in [0.05, 0.1) is 4.47 Å². The first-order valence-electron chi connectivity index (χ1n) is 6.00. The van der Waals surface area contributed by atoms with E-state index in [0.29, 0.717) is 0 Å². The van der Waals surface area contributed by atoms with Crippen molar-refractivity contribution >= 4 is 15.9 Å². The Bertz CT molecular complexity index is 558. The van der Waals surface area contributed by atoms with Crippen LogP contribution in [-0.2, 0) is 6.54 Å². The Morgan fingerprint density at radius 2 is 1.79 bits per heavy atom. The van der Waals surface area contributed by atoms with Gasteiger partial charge in [-0.1, -0.05) is 30.3 Å². The molecule has 0 fully saturated rings. The van der Waals surface area contributed by atoms with E-state index in [4.69, 9.17) is 0 Å². The van der Waals surface area contributed by atoms with Crippen molar-refractivity contribution < 1.29 is 8.78 Å². The summed E-state index contributed by atoms with van der Waals surface area (Å²) in [5.41, 5.74) is 1.13. The van der Waals surface area contributed by atoms with E-state index < -0.39 is 11.6 Å². The lowest BCUT2D eigenvalue weighted by molar-refractivity contribution is 0.506. The predicted molar refractivity (Wildman–Crippen MR) is 75.8 cm³/mol. The van der Waals surface area contributed by atoms with E-state index >= 15 is 0 Å². The van der Waals surface area contributed by atoms with E-state index in [2.05, 4.69) is 21.2 Å². The van der Waals surface area contributed by atoms with Crippen LogP contribution >= 0.6 is 15.9 Å². The van der Waals surface area contributed by atoms with Crippen molar-refractivity contribution in [3.8, 4) is 0 Å². The van der Waals surface area contributed by atoms with Crippen LogP contribution in [0.15, 0.2) is 46.9 Å². The molecule has 0 bridgehead atoms. The summed E-state index contributed by atoms with van der Waals surface area (Å²) in [6.45, 7) is 2.11. The SMILES string of the molecule is C[C@@H](NCc1c(F)ccc(Br)c1F)c1ccccc1. The molecule has 0 heterocycles. The lowest BCUT2D eigenvalue weighted by Gasteiger charge is -2.15. The minimum Gasteiger partial charge on any atom is -0.306 e. The highest BCUT2D eigenvalue weighted by Crippen LogP contribution is 2.22. The summed E-state index contributed by atoms with van der Waals surface area (Å²) in [7, 11) is 0. The number of benzene rings is 2. The molecule has 0 aliphatic heterocycles. The van der Waals surface area contributed by atoms with Crippen LogP contribution in [0.1, 0.15) is 24.1 Å². The summed E-state index contributed by atoms with van der Waals surface area (Å²) in [5, 5.41) is 3.12. The molecule has 0 aromatic heterocycles. The first-order chi connectivity index (χ1) is 9.09. The monoisotopic (exact) mass is 325 g/mol. The molecule has 0 radical (unpaired) electrons. The van der Waals surface area contributed by atoms with Gasteiger partial charge in [-0.05, 0) is 40.5 Å².